The first-order valence-corrected chi connectivity index (χ1v) is 13.1. The number of ether oxygens (including phenoxy) is 3. The number of benzene rings is 1. The first-order chi connectivity index (χ1) is 13.7. The van der Waals surface area contributed by atoms with Crippen LogP contribution in [0.25, 0.3) is 0 Å². The lowest BCUT2D eigenvalue weighted by Crippen LogP contribution is -2.53. The lowest BCUT2D eigenvalue weighted by atomic mass is 10.0. The van der Waals surface area contributed by atoms with E-state index in [1.807, 2.05) is 4.90 Å². The van der Waals surface area contributed by atoms with Gasteiger partial charge in [0.25, 0.3) is 0 Å². The van der Waals surface area contributed by atoms with Gasteiger partial charge in [0.2, 0.25) is 0 Å². The van der Waals surface area contributed by atoms with Crippen LogP contribution in [0.15, 0.2) is 23.1 Å². The molecule has 2 unspecified atom stereocenters. The van der Waals surface area contributed by atoms with Crippen molar-refractivity contribution in [3.8, 4) is 5.75 Å². The van der Waals surface area contributed by atoms with Crippen molar-refractivity contribution in [1.82, 2.24) is 4.90 Å². The number of piperidine rings is 1. The Bertz CT molecular complexity index is 974. The molecule has 0 aromatic heterocycles. The SMILES string of the molecule is COc1ccc(C)cc1S(=O)(=O)C1CS(=O)(=O)CC1N1CCC2(CC1)OCCO2. The van der Waals surface area contributed by atoms with Crippen molar-refractivity contribution in [2.45, 2.75) is 41.7 Å². The number of hydrogen-bond acceptors (Lipinski definition) is 8. The van der Waals surface area contributed by atoms with Crippen molar-refractivity contribution in [2.24, 2.45) is 0 Å². The highest BCUT2D eigenvalue weighted by Crippen LogP contribution is 2.37. The summed E-state index contributed by atoms with van der Waals surface area (Å²) in [5, 5.41) is -1.03. The molecule has 162 valence electrons. The number of likely N-dealkylation sites (tertiary alicyclic amines) is 1. The zero-order valence-corrected chi connectivity index (χ0v) is 18.3. The van der Waals surface area contributed by atoms with Gasteiger partial charge in [0.05, 0.1) is 37.1 Å². The normalized spacial score (nSPS) is 29.3. The Morgan fingerprint density at radius 3 is 2.41 bits per heavy atom. The summed E-state index contributed by atoms with van der Waals surface area (Å²) < 4.78 is 68.8. The zero-order valence-electron chi connectivity index (χ0n) is 16.7. The highest BCUT2D eigenvalue weighted by Gasteiger charge is 2.51. The molecule has 3 saturated heterocycles. The van der Waals surface area contributed by atoms with Crippen LogP contribution in [0.4, 0.5) is 0 Å². The number of nitrogens with zero attached hydrogens (tertiary/aromatic N) is 1. The largest absolute Gasteiger partial charge is 0.495 e. The topological polar surface area (TPSA) is 99.2 Å². The van der Waals surface area contributed by atoms with Crippen molar-refractivity contribution in [3.63, 3.8) is 0 Å². The summed E-state index contributed by atoms with van der Waals surface area (Å²) in [4.78, 5) is 2.04. The van der Waals surface area contributed by atoms with Crippen LogP contribution in [-0.2, 0) is 29.1 Å². The average molecular weight is 446 g/mol. The molecule has 0 aliphatic carbocycles. The van der Waals surface area contributed by atoms with E-state index in [0.29, 0.717) is 39.1 Å². The predicted molar refractivity (Wildman–Crippen MR) is 107 cm³/mol. The second kappa shape index (κ2) is 7.49. The van der Waals surface area contributed by atoms with Crippen molar-refractivity contribution in [1.29, 1.82) is 0 Å². The molecule has 3 aliphatic rings. The molecule has 0 radical (unpaired) electrons. The van der Waals surface area contributed by atoms with Crippen molar-refractivity contribution in [2.75, 3.05) is 44.9 Å². The van der Waals surface area contributed by atoms with Crippen LogP contribution >= 0.6 is 0 Å². The van der Waals surface area contributed by atoms with E-state index in [9.17, 15) is 16.8 Å². The summed E-state index contributed by atoms with van der Waals surface area (Å²) in [5.74, 6) is -0.878. The van der Waals surface area contributed by atoms with Crippen LogP contribution in [0.1, 0.15) is 18.4 Å². The highest BCUT2D eigenvalue weighted by molar-refractivity contribution is 7.96. The van der Waals surface area contributed by atoms with E-state index in [1.54, 1.807) is 25.1 Å². The fourth-order valence-corrected chi connectivity index (χ4v) is 9.66. The molecule has 29 heavy (non-hydrogen) atoms. The molecule has 8 nitrogen and oxygen atoms in total. The third-order valence-electron chi connectivity index (χ3n) is 6.14. The molecule has 0 amide bonds. The van der Waals surface area contributed by atoms with Gasteiger partial charge >= 0.3 is 0 Å². The molecule has 3 aliphatic heterocycles. The third kappa shape index (κ3) is 3.93. The second-order valence-corrected chi connectivity index (χ2v) is 12.3. The monoisotopic (exact) mass is 445 g/mol. The molecule has 3 fully saturated rings. The first kappa shape index (κ1) is 21.0. The maximum absolute atomic E-state index is 13.5. The van der Waals surface area contributed by atoms with Gasteiger partial charge in [0.15, 0.2) is 25.5 Å². The van der Waals surface area contributed by atoms with E-state index in [2.05, 4.69) is 0 Å². The lowest BCUT2D eigenvalue weighted by molar-refractivity contribution is -0.187. The number of hydrogen-bond donors (Lipinski definition) is 0. The summed E-state index contributed by atoms with van der Waals surface area (Å²) in [6, 6.07) is 4.35. The smallest absolute Gasteiger partial charge is 0.187 e. The summed E-state index contributed by atoms with van der Waals surface area (Å²) in [5.41, 5.74) is 0.775. The quantitative estimate of drug-likeness (QED) is 0.671. The Labute approximate surface area is 172 Å². The highest BCUT2D eigenvalue weighted by atomic mass is 32.2. The molecule has 0 bridgehead atoms. The van der Waals surface area contributed by atoms with Gasteiger partial charge in [-0.15, -0.1) is 0 Å². The van der Waals surface area contributed by atoms with Gasteiger partial charge in [-0.25, -0.2) is 16.8 Å². The number of aryl methyl sites for hydroxylation is 1. The summed E-state index contributed by atoms with van der Waals surface area (Å²) in [6.45, 7) is 3.99. The second-order valence-electron chi connectivity index (χ2n) is 8.03. The molecule has 0 saturated carbocycles. The maximum atomic E-state index is 13.5. The van der Waals surface area contributed by atoms with Crippen LogP contribution in [0, 0.1) is 6.92 Å². The molecule has 2 atom stereocenters. The van der Waals surface area contributed by atoms with Gasteiger partial charge in [-0.05, 0) is 24.6 Å². The van der Waals surface area contributed by atoms with Crippen LogP contribution in [0.5, 0.6) is 5.75 Å². The van der Waals surface area contributed by atoms with Gasteiger partial charge < -0.3 is 14.2 Å². The lowest BCUT2D eigenvalue weighted by Gasteiger charge is -2.41. The van der Waals surface area contributed by atoms with Gasteiger partial charge in [-0.1, -0.05) is 6.07 Å². The van der Waals surface area contributed by atoms with Crippen LogP contribution < -0.4 is 4.74 Å². The molecule has 3 heterocycles. The molecule has 1 spiro atoms. The van der Waals surface area contributed by atoms with E-state index >= 15 is 0 Å². The summed E-state index contributed by atoms with van der Waals surface area (Å²) in [7, 11) is -5.96. The number of rotatable bonds is 4. The van der Waals surface area contributed by atoms with Crippen molar-refractivity contribution in [3.05, 3.63) is 23.8 Å². The third-order valence-corrected chi connectivity index (χ3v) is 10.3. The van der Waals surface area contributed by atoms with Gasteiger partial charge in [-0.2, -0.15) is 0 Å². The summed E-state index contributed by atoms with van der Waals surface area (Å²) in [6.07, 6.45) is 1.20. The Hall–Kier alpha value is -1.20. The first-order valence-electron chi connectivity index (χ1n) is 9.77. The van der Waals surface area contributed by atoms with Gasteiger partial charge in [0.1, 0.15) is 10.6 Å². The maximum Gasteiger partial charge on any atom is 0.187 e. The minimum Gasteiger partial charge on any atom is -0.495 e. The van der Waals surface area contributed by atoms with E-state index in [-0.39, 0.29) is 22.2 Å². The minimum atomic E-state index is -3.91. The molecular weight excluding hydrogens is 418 g/mol. The Balaban J connectivity index is 1.64. The molecule has 4 rings (SSSR count). The summed E-state index contributed by atoms with van der Waals surface area (Å²) >= 11 is 0. The Morgan fingerprint density at radius 1 is 1.14 bits per heavy atom. The zero-order chi connectivity index (χ0) is 20.9. The number of methoxy groups -OCH3 is 1. The van der Waals surface area contributed by atoms with E-state index in [4.69, 9.17) is 14.2 Å². The fraction of sp³-hybridized carbons (Fsp3) is 0.684. The van der Waals surface area contributed by atoms with Crippen molar-refractivity contribution < 1.29 is 31.0 Å². The standard InChI is InChI=1S/C19H27NO7S2/c1-14-3-4-16(25-2)17(11-14)29(23,24)18-13-28(21,22)12-15(18)20-7-5-19(6-8-20)26-9-10-27-19/h3-4,11,15,18H,5-10,12-13H2,1-2H3. The predicted octanol–water partition coefficient (Wildman–Crippen LogP) is 0.782. The van der Waals surface area contributed by atoms with E-state index in [1.165, 1.54) is 7.11 Å². The van der Waals surface area contributed by atoms with Crippen molar-refractivity contribution >= 4 is 19.7 Å². The molecule has 1 aromatic carbocycles. The Kier molecular flexibility index (Phi) is 5.44. The molecule has 1 aromatic rings. The van der Waals surface area contributed by atoms with Crippen LogP contribution in [0.2, 0.25) is 0 Å². The molecular formula is C19H27NO7S2. The van der Waals surface area contributed by atoms with E-state index < -0.39 is 36.8 Å². The van der Waals surface area contributed by atoms with Crippen LogP contribution in [0.3, 0.4) is 0 Å². The fourth-order valence-electron chi connectivity index (χ4n) is 4.59. The minimum absolute atomic E-state index is 0.0584. The molecule has 10 heteroatoms. The van der Waals surface area contributed by atoms with Gasteiger partial charge in [-0.3, -0.25) is 4.90 Å². The Morgan fingerprint density at radius 2 is 1.79 bits per heavy atom. The van der Waals surface area contributed by atoms with Gasteiger partial charge in [0, 0.05) is 32.0 Å². The van der Waals surface area contributed by atoms with Crippen LogP contribution in [-0.4, -0.2) is 83.7 Å². The number of sulfone groups is 2. The molecule has 0 N–H and O–H groups in total. The van der Waals surface area contributed by atoms with E-state index in [0.717, 1.165) is 5.56 Å². The average Bonchev–Trinajstić information content (AvgIpc) is 3.27.